The van der Waals surface area contributed by atoms with Crippen molar-refractivity contribution >= 4 is 74.4 Å². The van der Waals surface area contributed by atoms with E-state index in [0.29, 0.717) is 0 Å². The van der Waals surface area contributed by atoms with Gasteiger partial charge < -0.3 is 10.6 Å². The molecule has 1 aliphatic heterocycles. The van der Waals surface area contributed by atoms with Crippen molar-refractivity contribution < 1.29 is 0 Å². The molecule has 1 heterocycles. The van der Waals surface area contributed by atoms with E-state index in [1.807, 2.05) is 0 Å². The molecule has 0 radical (unpaired) electrons. The maximum Gasteiger partial charge on any atom is 0.0829 e. The lowest BCUT2D eigenvalue weighted by molar-refractivity contribution is 1.58. The lowest BCUT2D eigenvalue weighted by Gasteiger charge is -2.37. The molecule has 0 amide bonds. The Kier molecular flexibility index (Phi) is 7.00. The van der Waals surface area contributed by atoms with Crippen molar-refractivity contribution in [2.75, 3.05) is 10.6 Å². The standard InChI is InChI=1S/C30H36N2P2Si2/c1-35(2,3)33-27-19-11-7-15-23(27)31-25-17-9-13-21-29(25)34(36(4,5)6)30-22-14-10-18-26(30)32-24-16-8-12-20-28(24)33/h7-22,31-32H,1-6H3. The van der Waals surface area contributed by atoms with E-state index in [2.05, 4.69) is 147 Å². The molecule has 0 unspecified atom stereocenters. The molecule has 5 rings (SSSR count). The maximum absolute atomic E-state index is 3.98. The molecule has 0 aliphatic carbocycles. The van der Waals surface area contributed by atoms with Crippen LogP contribution in [0.1, 0.15) is 0 Å². The normalized spacial score (nSPS) is 17.6. The molecule has 0 atom stereocenters. The monoisotopic (exact) mass is 542 g/mol. The van der Waals surface area contributed by atoms with Crippen LogP contribution in [-0.4, -0.2) is 15.5 Å². The summed E-state index contributed by atoms with van der Waals surface area (Å²) in [6, 6.07) is 36.2. The first-order valence-corrected chi connectivity index (χ1v) is 24.0. The smallest absolute Gasteiger partial charge is 0.0829 e. The summed E-state index contributed by atoms with van der Waals surface area (Å²) in [6.45, 7) is 15.1. The summed E-state index contributed by atoms with van der Waals surface area (Å²) < 4.78 is 0. The second-order valence-electron chi connectivity index (χ2n) is 11.3. The van der Waals surface area contributed by atoms with Crippen LogP contribution in [0.3, 0.4) is 0 Å². The van der Waals surface area contributed by atoms with Gasteiger partial charge in [0.25, 0.3) is 0 Å². The van der Waals surface area contributed by atoms with Gasteiger partial charge in [-0.2, -0.15) is 0 Å². The summed E-state index contributed by atoms with van der Waals surface area (Å²) in [5, 5.41) is 13.8. The number of hydrogen-bond acceptors (Lipinski definition) is 2. The first kappa shape index (κ1) is 25.4. The van der Waals surface area contributed by atoms with Gasteiger partial charge >= 0.3 is 0 Å². The molecule has 4 aromatic rings. The summed E-state index contributed by atoms with van der Waals surface area (Å²) in [5.41, 5.74) is 5.03. The fourth-order valence-corrected chi connectivity index (χ4v) is 21.9. The molecule has 0 saturated heterocycles. The molecule has 6 heteroatoms. The number of para-hydroxylation sites is 4. The van der Waals surface area contributed by atoms with Crippen molar-refractivity contribution in [1.82, 2.24) is 0 Å². The molecular formula is C30H36N2P2Si2. The van der Waals surface area contributed by atoms with Crippen LogP contribution in [0.15, 0.2) is 97.1 Å². The van der Waals surface area contributed by atoms with Gasteiger partial charge in [0.05, 0.1) is 15.5 Å². The second-order valence-corrected chi connectivity index (χ2v) is 34.0. The number of nitrogens with one attached hydrogen (secondary N) is 2. The largest absolute Gasteiger partial charge is 0.354 e. The van der Waals surface area contributed by atoms with Crippen LogP contribution in [0, 0.1) is 0 Å². The molecule has 0 fully saturated rings. The SMILES string of the molecule is C[Si](C)(C)P1c2ccccc2Nc2ccccc2P([Si](C)(C)C)c2ccccc2Nc2ccccc21. The number of fused-ring (bicyclic) bond motifs is 4. The average Bonchev–Trinajstić information content (AvgIpc) is 2.81. The summed E-state index contributed by atoms with van der Waals surface area (Å²) in [6.07, 6.45) is 0. The van der Waals surface area contributed by atoms with Crippen LogP contribution in [-0.2, 0) is 0 Å². The summed E-state index contributed by atoms with van der Waals surface area (Å²) >= 11 is 0. The van der Waals surface area contributed by atoms with E-state index in [4.69, 9.17) is 0 Å². The topological polar surface area (TPSA) is 24.1 Å². The Morgan fingerprint density at radius 3 is 0.833 bits per heavy atom. The molecule has 2 nitrogen and oxygen atoms in total. The highest BCUT2D eigenvalue weighted by atomic mass is 31.4. The van der Waals surface area contributed by atoms with Gasteiger partial charge in [0.2, 0.25) is 0 Å². The van der Waals surface area contributed by atoms with Crippen LogP contribution < -0.4 is 31.9 Å². The Morgan fingerprint density at radius 1 is 0.389 bits per heavy atom. The van der Waals surface area contributed by atoms with Gasteiger partial charge in [-0.3, -0.25) is 0 Å². The molecule has 0 saturated carbocycles. The minimum Gasteiger partial charge on any atom is -0.354 e. The molecule has 1 aliphatic rings. The predicted molar refractivity (Wildman–Crippen MR) is 171 cm³/mol. The van der Waals surface area contributed by atoms with Gasteiger partial charge in [-0.25, -0.2) is 0 Å². The quantitative estimate of drug-likeness (QED) is 0.198. The predicted octanol–water partition coefficient (Wildman–Crippen LogP) is 8.02. The van der Waals surface area contributed by atoms with E-state index >= 15 is 0 Å². The number of anilines is 4. The van der Waals surface area contributed by atoms with Gasteiger partial charge in [0, 0.05) is 22.7 Å². The van der Waals surface area contributed by atoms with E-state index in [1.165, 1.54) is 44.0 Å². The molecular weight excluding hydrogens is 506 g/mol. The van der Waals surface area contributed by atoms with Gasteiger partial charge in [0.1, 0.15) is 0 Å². The highest BCUT2D eigenvalue weighted by Crippen LogP contribution is 2.51. The van der Waals surface area contributed by atoms with E-state index in [9.17, 15) is 0 Å². The Bertz CT molecular complexity index is 1190. The molecule has 0 bridgehead atoms. The van der Waals surface area contributed by atoms with Crippen molar-refractivity contribution in [2.45, 2.75) is 39.3 Å². The number of benzene rings is 4. The Labute approximate surface area is 220 Å². The molecule has 184 valence electrons. The Balaban J connectivity index is 1.86. The maximum atomic E-state index is 3.98. The fraction of sp³-hybridized carbons (Fsp3) is 0.200. The van der Waals surface area contributed by atoms with Crippen LogP contribution >= 0.6 is 14.9 Å². The van der Waals surface area contributed by atoms with E-state index < -0.39 is 30.4 Å². The lowest BCUT2D eigenvalue weighted by atomic mass is 10.2. The van der Waals surface area contributed by atoms with Crippen molar-refractivity contribution in [1.29, 1.82) is 0 Å². The second kappa shape index (κ2) is 9.91. The van der Waals surface area contributed by atoms with Crippen LogP contribution in [0.25, 0.3) is 0 Å². The van der Waals surface area contributed by atoms with E-state index in [1.54, 1.807) is 0 Å². The Hall–Kier alpha value is -2.23. The number of rotatable bonds is 2. The Morgan fingerprint density at radius 2 is 0.611 bits per heavy atom. The molecule has 0 aromatic heterocycles. The van der Waals surface area contributed by atoms with Crippen LogP contribution in [0.4, 0.5) is 22.7 Å². The van der Waals surface area contributed by atoms with Crippen molar-refractivity contribution in [3.05, 3.63) is 97.1 Å². The van der Waals surface area contributed by atoms with Gasteiger partial charge in [0.15, 0.2) is 0 Å². The fourth-order valence-electron chi connectivity index (χ4n) is 5.09. The highest BCUT2D eigenvalue weighted by Gasteiger charge is 2.36. The molecule has 2 N–H and O–H groups in total. The zero-order chi connectivity index (χ0) is 25.5. The third-order valence-electron chi connectivity index (χ3n) is 6.46. The van der Waals surface area contributed by atoms with Gasteiger partial charge in [-0.1, -0.05) is 127 Å². The highest BCUT2D eigenvalue weighted by molar-refractivity contribution is 8.05. The first-order chi connectivity index (χ1) is 17.1. The van der Waals surface area contributed by atoms with Crippen molar-refractivity contribution in [2.24, 2.45) is 0 Å². The summed E-state index contributed by atoms with van der Waals surface area (Å²) in [7, 11) is -4.27. The van der Waals surface area contributed by atoms with Crippen LogP contribution in [0.5, 0.6) is 0 Å². The first-order valence-electron chi connectivity index (χ1n) is 12.7. The van der Waals surface area contributed by atoms with E-state index in [-0.39, 0.29) is 0 Å². The third-order valence-corrected chi connectivity index (χ3v) is 23.6. The van der Waals surface area contributed by atoms with E-state index in [0.717, 1.165) is 0 Å². The molecule has 4 aromatic carbocycles. The number of hydrogen-bond donors (Lipinski definition) is 2. The summed E-state index contributed by atoms with van der Waals surface area (Å²) in [4.78, 5) is 0. The zero-order valence-corrected chi connectivity index (χ0v) is 25.9. The summed E-state index contributed by atoms with van der Waals surface area (Å²) in [5.74, 6) is 0. The van der Waals surface area contributed by atoms with Gasteiger partial charge in [-0.05, 0) is 45.5 Å². The molecule has 0 spiro atoms. The molecule has 36 heavy (non-hydrogen) atoms. The minimum absolute atomic E-state index is 0.522. The van der Waals surface area contributed by atoms with Gasteiger partial charge in [-0.15, -0.1) is 0 Å². The minimum atomic E-state index is -1.61. The zero-order valence-electron chi connectivity index (χ0n) is 22.1. The lowest BCUT2D eigenvalue weighted by Crippen LogP contribution is -2.35. The van der Waals surface area contributed by atoms with Crippen molar-refractivity contribution in [3.8, 4) is 0 Å². The van der Waals surface area contributed by atoms with Crippen LogP contribution in [0.2, 0.25) is 39.3 Å². The average molecular weight is 543 g/mol. The third kappa shape index (κ3) is 4.97. The van der Waals surface area contributed by atoms with Crippen molar-refractivity contribution in [3.63, 3.8) is 0 Å².